The molecule has 0 spiro atoms. The highest BCUT2D eigenvalue weighted by Gasteiger charge is 2.20. The monoisotopic (exact) mass is 419 g/mol. The molecule has 4 nitrogen and oxygen atoms in total. The molecule has 0 fully saturated rings. The lowest BCUT2D eigenvalue weighted by Gasteiger charge is -2.23. The molecule has 5 heteroatoms. The number of aryl methyl sites for hydroxylation is 1. The molecule has 0 radical (unpaired) electrons. The minimum absolute atomic E-state index is 0. The van der Waals surface area contributed by atoms with Gasteiger partial charge >= 0.3 is 0 Å². The number of aliphatic imine (C=N–C) groups is 1. The average molecular weight is 419 g/mol. The molecule has 0 atom stereocenters. The molecule has 1 rings (SSSR count). The first-order valence-corrected chi connectivity index (χ1v) is 7.64. The summed E-state index contributed by atoms with van der Waals surface area (Å²) in [7, 11) is 0. The highest BCUT2D eigenvalue weighted by atomic mass is 127. The van der Waals surface area contributed by atoms with Crippen molar-refractivity contribution in [2.24, 2.45) is 10.7 Å². The molecule has 0 aliphatic rings. The van der Waals surface area contributed by atoms with Gasteiger partial charge in [0.1, 0.15) is 0 Å². The maximum absolute atomic E-state index is 5.90. The van der Waals surface area contributed by atoms with E-state index < -0.39 is 0 Å². The van der Waals surface area contributed by atoms with Crippen LogP contribution in [0.2, 0.25) is 0 Å². The molecule has 0 aliphatic carbocycles. The van der Waals surface area contributed by atoms with Crippen molar-refractivity contribution in [1.82, 2.24) is 5.32 Å². The minimum atomic E-state index is -0.0242. The zero-order chi connectivity index (χ0) is 15.7. The standard InChI is InChI=1S/C17H29N3O.HI/c1-5-21-11-7-10-19-16(18)20-13-17(3,4)15-9-6-8-14(2)12-15;/h6,8-9,12H,5,7,10-11,13H2,1-4H3,(H3,18,19,20);1H. The second-order valence-corrected chi connectivity index (χ2v) is 5.93. The number of nitrogens with two attached hydrogens (primary N) is 1. The van der Waals surface area contributed by atoms with Gasteiger partial charge in [0.05, 0.1) is 6.54 Å². The van der Waals surface area contributed by atoms with Crippen LogP contribution in [0.15, 0.2) is 29.3 Å². The number of nitrogens with one attached hydrogen (secondary N) is 1. The van der Waals surface area contributed by atoms with Crippen molar-refractivity contribution in [3.05, 3.63) is 35.4 Å². The van der Waals surface area contributed by atoms with Crippen molar-refractivity contribution in [3.63, 3.8) is 0 Å². The summed E-state index contributed by atoms with van der Waals surface area (Å²) in [5, 5.41) is 3.12. The van der Waals surface area contributed by atoms with Crippen LogP contribution in [0, 0.1) is 6.92 Å². The maximum Gasteiger partial charge on any atom is 0.188 e. The molecular weight excluding hydrogens is 389 g/mol. The number of rotatable bonds is 8. The van der Waals surface area contributed by atoms with Gasteiger partial charge in [-0.3, -0.25) is 4.99 Å². The molecule has 0 saturated heterocycles. The quantitative estimate of drug-likeness (QED) is 0.295. The van der Waals surface area contributed by atoms with Crippen LogP contribution in [0.4, 0.5) is 0 Å². The second kappa shape index (κ2) is 10.8. The normalized spacial score (nSPS) is 11.9. The number of halogens is 1. The molecule has 3 N–H and O–H groups in total. The zero-order valence-corrected chi connectivity index (χ0v) is 16.5. The van der Waals surface area contributed by atoms with E-state index in [1.165, 1.54) is 11.1 Å². The summed E-state index contributed by atoms with van der Waals surface area (Å²) in [6.45, 7) is 11.5. The van der Waals surface area contributed by atoms with Crippen LogP contribution in [0.25, 0.3) is 0 Å². The van der Waals surface area contributed by atoms with Crippen molar-refractivity contribution in [2.45, 2.75) is 39.5 Å². The van der Waals surface area contributed by atoms with Gasteiger partial charge in [0.25, 0.3) is 0 Å². The smallest absolute Gasteiger partial charge is 0.188 e. The number of nitrogens with zero attached hydrogens (tertiary/aromatic N) is 1. The molecule has 0 unspecified atom stereocenters. The summed E-state index contributed by atoms with van der Waals surface area (Å²) in [6, 6.07) is 8.55. The van der Waals surface area contributed by atoms with Crippen LogP contribution >= 0.6 is 24.0 Å². The van der Waals surface area contributed by atoms with E-state index in [9.17, 15) is 0 Å². The van der Waals surface area contributed by atoms with E-state index in [2.05, 4.69) is 55.3 Å². The number of ether oxygens (including phenoxy) is 1. The Morgan fingerprint density at radius 2 is 2.09 bits per heavy atom. The Bertz CT molecular complexity index is 461. The first-order chi connectivity index (χ1) is 9.95. The van der Waals surface area contributed by atoms with Crippen molar-refractivity contribution < 1.29 is 4.74 Å². The van der Waals surface area contributed by atoms with Gasteiger partial charge in [0.2, 0.25) is 0 Å². The molecule has 0 aliphatic heterocycles. The van der Waals surface area contributed by atoms with Gasteiger partial charge in [0.15, 0.2) is 5.96 Å². The third-order valence-electron chi connectivity index (χ3n) is 3.42. The number of hydrogen-bond acceptors (Lipinski definition) is 2. The second-order valence-electron chi connectivity index (χ2n) is 5.93. The van der Waals surface area contributed by atoms with Crippen LogP contribution in [0.1, 0.15) is 38.3 Å². The Morgan fingerprint density at radius 1 is 1.36 bits per heavy atom. The van der Waals surface area contributed by atoms with E-state index in [0.29, 0.717) is 12.5 Å². The fourth-order valence-corrected chi connectivity index (χ4v) is 2.03. The predicted octanol–water partition coefficient (Wildman–Crippen LogP) is 3.22. The van der Waals surface area contributed by atoms with E-state index in [-0.39, 0.29) is 29.4 Å². The van der Waals surface area contributed by atoms with Crippen molar-refractivity contribution in [3.8, 4) is 0 Å². The predicted molar refractivity (Wildman–Crippen MR) is 105 cm³/mol. The lowest BCUT2D eigenvalue weighted by atomic mass is 9.84. The Balaban J connectivity index is 0.00000441. The summed E-state index contributed by atoms with van der Waals surface area (Å²) < 4.78 is 5.28. The van der Waals surface area contributed by atoms with Crippen LogP contribution in [-0.4, -0.2) is 32.3 Å². The van der Waals surface area contributed by atoms with Crippen LogP contribution in [0.5, 0.6) is 0 Å². The van der Waals surface area contributed by atoms with Crippen LogP contribution in [-0.2, 0) is 10.2 Å². The number of benzene rings is 1. The molecule has 1 aromatic rings. The highest BCUT2D eigenvalue weighted by Crippen LogP contribution is 2.24. The fraction of sp³-hybridized carbons (Fsp3) is 0.588. The Labute approximate surface area is 151 Å². The van der Waals surface area contributed by atoms with Crippen LogP contribution < -0.4 is 11.1 Å². The third kappa shape index (κ3) is 7.98. The van der Waals surface area contributed by atoms with E-state index in [1.807, 2.05) is 6.92 Å². The molecular formula is C17H30IN3O. The molecule has 22 heavy (non-hydrogen) atoms. The summed E-state index contributed by atoms with van der Waals surface area (Å²) >= 11 is 0. The van der Waals surface area contributed by atoms with Gasteiger partial charge in [0, 0.05) is 25.2 Å². The molecule has 0 heterocycles. The molecule has 1 aromatic carbocycles. The molecule has 0 aromatic heterocycles. The Hall–Kier alpha value is -0.820. The Kier molecular flexibility index (Phi) is 10.4. The van der Waals surface area contributed by atoms with Crippen molar-refractivity contribution >= 4 is 29.9 Å². The van der Waals surface area contributed by atoms with E-state index in [0.717, 1.165) is 26.2 Å². The topological polar surface area (TPSA) is 59.6 Å². The first kappa shape index (κ1) is 21.2. The minimum Gasteiger partial charge on any atom is -0.382 e. The molecule has 0 saturated carbocycles. The summed E-state index contributed by atoms with van der Waals surface area (Å²) in [5.74, 6) is 0.507. The molecule has 126 valence electrons. The van der Waals surface area contributed by atoms with E-state index in [4.69, 9.17) is 10.5 Å². The Morgan fingerprint density at radius 3 is 2.73 bits per heavy atom. The van der Waals surface area contributed by atoms with Gasteiger partial charge in [-0.15, -0.1) is 24.0 Å². The van der Waals surface area contributed by atoms with Gasteiger partial charge in [-0.25, -0.2) is 0 Å². The summed E-state index contributed by atoms with van der Waals surface area (Å²) in [5.41, 5.74) is 8.43. The number of hydrogen-bond donors (Lipinski definition) is 2. The average Bonchev–Trinajstić information content (AvgIpc) is 2.45. The fourth-order valence-electron chi connectivity index (χ4n) is 2.03. The van der Waals surface area contributed by atoms with E-state index >= 15 is 0 Å². The van der Waals surface area contributed by atoms with Gasteiger partial charge in [-0.1, -0.05) is 43.7 Å². The van der Waals surface area contributed by atoms with Gasteiger partial charge < -0.3 is 15.8 Å². The largest absolute Gasteiger partial charge is 0.382 e. The van der Waals surface area contributed by atoms with Gasteiger partial charge in [-0.2, -0.15) is 0 Å². The van der Waals surface area contributed by atoms with Crippen LogP contribution in [0.3, 0.4) is 0 Å². The zero-order valence-electron chi connectivity index (χ0n) is 14.2. The maximum atomic E-state index is 5.90. The lowest BCUT2D eigenvalue weighted by molar-refractivity contribution is 0.145. The summed E-state index contributed by atoms with van der Waals surface area (Å²) in [4.78, 5) is 4.46. The van der Waals surface area contributed by atoms with Crippen molar-refractivity contribution in [2.75, 3.05) is 26.3 Å². The molecule has 0 amide bonds. The summed E-state index contributed by atoms with van der Waals surface area (Å²) in [6.07, 6.45) is 0.936. The molecule has 0 bridgehead atoms. The van der Waals surface area contributed by atoms with Crippen molar-refractivity contribution in [1.29, 1.82) is 0 Å². The lowest BCUT2D eigenvalue weighted by Crippen LogP contribution is -2.34. The van der Waals surface area contributed by atoms with Gasteiger partial charge in [-0.05, 0) is 25.8 Å². The first-order valence-electron chi connectivity index (χ1n) is 7.64. The van der Waals surface area contributed by atoms with E-state index in [1.54, 1.807) is 0 Å². The SMILES string of the molecule is CCOCCCNC(N)=NCC(C)(C)c1cccc(C)c1.I. The number of guanidine groups is 1. The third-order valence-corrected chi connectivity index (χ3v) is 3.42. The highest BCUT2D eigenvalue weighted by molar-refractivity contribution is 14.0.